The van der Waals surface area contributed by atoms with Crippen molar-refractivity contribution in [3.63, 3.8) is 0 Å². The summed E-state index contributed by atoms with van der Waals surface area (Å²) in [5, 5.41) is -2.43. The zero-order chi connectivity index (χ0) is 20.2. The average Bonchev–Trinajstić information content (AvgIpc) is 3.33. The van der Waals surface area contributed by atoms with Gasteiger partial charge in [-0.2, -0.15) is 0 Å². The minimum absolute atomic E-state index is 0.104. The van der Waals surface area contributed by atoms with E-state index in [4.69, 9.17) is 4.74 Å². The first-order valence-corrected chi connectivity index (χ1v) is 12.3. The largest absolute Gasteiger partial charge is 0.363 e. The lowest BCUT2D eigenvalue weighted by Crippen LogP contribution is -2.43. The summed E-state index contributed by atoms with van der Waals surface area (Å²) in [7, 11) is -7.91. The van der Waals surface area contributed by atoms with Crippen molar-refractivity contribution in [2.45, 2.75) is 32.5 Å². The highest BCUT2D eigenvalue weighted by molar-refractivity contribution is 7.96. The van der Waals surface area contributed by atoms with Crippen LogP contribution in [0.3, 0.4) is 0 Å². The Morgan fingerprint density at radius 2 is 0.862 bits per heavy atom. The summed E-state index contributed by atoms with van der Waals surface area (Å²) in [6.07, 6.45) is -1.63. The monoisotopic (exact) mass is 426 g/mol. The number of rotatable bonds is 4. The van der Waals surface area contributed by atoms with Crippen LogP contribution in [0, 0.1) is 0 Å². The van der Waals surface area contributed by atoms with Crippen LogP contribution in [-0.4, -0.2) is 27.3 Å². The third-order valence-electron chi connectivity index (χ3n) is 5.68. The standard InChI is InChI=1S/C22H18O5S2/c23-28(24,15-9-3-1-4-10-15)21-19-17-13-7-8-14-18(17)20(27-19)22(21)29(25,26)16-11-5-2-6-12-16/h1-14,19-22H/t19?,20?,21-,22-/m1/s1. The van der Waals surface area contributed by atoms with E-state index in [1.54, 1.807) is 36.4 Å². The van der Waals surface area contributed by atoms with Gasteiger partial charge in [0.1, 0.15) is 22.7 Å². The van der Waals surface area contributed by atoms with Crippen molar-refractivity contribution >= 4 is 19.7 Å². The molecule has 5 nitrogen and oxygen atoms in total. The van der Waals surface area contributed by atoms with Crippen LogP contribution >= 0.6 is 0 Å². The van der Waals surface area contributed by atoms with E-state index in [1.807, 2.05) is 24.3 Å². The Morgan fingerprint density at radius 3 is 1.24 bits per heavy atom. The van der Waals surface area contributed by atoms with Crippen molar-refractivity contribution in [2.24, 2.45) is 0 Å². The molecular formula is C22H18O5S2. The first-order valence-electron chi connectivity index (χ1n) is 9.24. The van der Waals surface area contributed by atoms with E-state index in [2.05, 4.69) is 0 Å². The molecule has 3 aromatic rings. The molecule has 2 aliphatic heterocycles. The van der Waals surface area contributed by atoms with Gasteiger partial charge in [-0.1, -0.05) is 60.7 Å². The molecule has 4 atom stereocenters. The van der Waals surface area contributed by atoms with Crippen LogP contribution in [0.1, 0.15) is 23.3 Å². The van der Waals surface area contributed by atoms with Crippen LogP contribution in [0.25, 0.3) is 0 Å². The molecule has 5 rings (SSSR count). The normalized spacial score (nSPS) is 25.7. The fraction of sp³-hybridized carbons (Fsp3) is 0.182. The molecule has 1 fully saturated rings. The van der Waals surface area contributed by atoms with Crippen LogP contribution in [0.4, 0.5) is 0 Å². The first kappa shape index (κ1) is 18.5. The fourth-order valence-corrected chi connectivity index (χ4v) is 9.04. The zero-order valence-electron chi connectivity index (χ0n) is 15.3. The van der Waals surface area contributed by atoms with Crippen LogP contribution in [0.2, 0.25) is 0 Å². The lowest BCUT2D eigenvalue weighted by molar-refractivity contribution is 0.0729. The van der Waals surface area contributed by atoms with Gasteiger partial charge in [0.2, 0.25) is 0 Å². The Bertz CT molecular complexity index is 1170. The van der Waals surface area contributed by atoms with Crippen molar-refractivity contribution < 1.29 is 21.6 Å². The Balaban J connectivity index is 1.72. The van der Waals surface area contributed by atoms with Gasteiger partial charge in [-0.15, -0.1) is 0 Å². The van der Waals surface area contributed by atoms with E-state index in [1.165, 1.54) is 24.3 Å². The summed E-state index contributed by atoms with van der Waals surface area (Å²) in [6.45, 7) is 0. The molecular weight excluding hydrogens is 408 g/mol. The predicted octanol–water partition coefficient (Wildman–Crippen LogP) is 3.50. The molecule has 0 amide bonds. The van der Waals surface area contributed by atoms with Gasteiger partial charge in [0, 0.05) is 0 Å². The molecule has 0 saturated carbocycles. The van der Waals surface area contributed by atoms with Crippen molar-refractivity contribution in [3.8, 4) is 0 Å². The molecule has 0 N–H and O–H groups in total. The van der Waals surface area contributed by atoms with Crippen molar-refractivity contribution in [1.29, 1.82) is 0 Å². The zero-order valence-corrected chi connectivity index (χ0v) is 16.9. The van der Waals surface area contributed by atoms with E-state index in [0.717, 1.165) is 11.1 Å². The van der Waals surface area contributed by atoms with Gasteiger partial charge in [-0.3, -0.25) is 0 Å². The van der Waals surface area contributed by atoms with Gasteiger partial charge in [0.25, 0.3) is 0 Å². The summed E-state index contributed by atoms with van der Waals surface area (Å²) >= 11 is 0. The number of sulfone groups is 2. The van der Waals surface area contributed by atoms with Crippen LogP contribution in [-0.2, 0) is 24.4 Å². The highest BCUT2D eigenvalue weighted by Gasteiger charge is 2.62. The highest BCUT2D eigenvalue weighted by atomic mass is 32.2. The average molecular weight is 427 g/mol. The number of hydrogen-bond acceptors (Lipinski definition) is 5. The predicted molar refractivity (Wildman–Crippen MR) is 108 cm³/mol. The number of fused-ring (bicyclic) bond motifs is 5. The van der Waals surface area contributed by atoms with Gasteiger partial charge >= 0.3 is 0 Å². The summed E-state index contributed by atoms with van der Waals surface area (Å²) in [4.78, 5) is 0.207. The minimum Gasteiger partial charge on any atom is -0.363 e. The van der Waals surface area contributed by atoms with E-state index in [9.17, 15) is 16.8 Å². The lowest BCUT2D eigenvalue weighted by Gasteiger charge is -2.29. The van der Waals surface area contributed by atoms with Gasteiger partial charge in [0.05, 0.1) is 9.79 Å². The number of benzene rings is 3. The second kappa shape index (κ2) is 6.52. The molecule has 0 aromatic heterocycles. The van der Waals surface area contributed by atoms with Crippen LogP contribution in [0.5, 0.6) is 0 Å². The Morgan fingerprint density at radius 1 is 0.517 bits per heavy atom. The maximum atomic E-state index is 13.6. The highest BCUT2D eigenvalue weighted by Crippen LogP contribution is 2.56. The summed E-state index contributed by atoms with van der Waals surface area (Å²) < 4.78 is 60.3. The SMILES string of the molecule is O=S(=O)(c1ccccc1)[C@@H]1C2OC(c3ccccc32)[C@H]1S(=O)(=O)c1ccccc1. The summed E-state index contributed by atoms with van der Waals surface area (Å²) in [5.41, 5.74) is 1.50. The second-order valence-corrected chi connectivity index (χ2v) is 11.5. The lowest BCUT2D eigenvalue weighted by atomic mass is 9.91. The van der Waals surface area contributed by atoms with Gasteiger partial charge in [-0.25, -0.2) is 16.8 Å². The van der Waals surface area contributed by atoms with E-state index >= 15 is 0 Å². The molecule has 2 bridgehead atoms. The second-order valence-electron chi connectivity index (χ2n) is 7.25. The van der Waals surface area contributed by atoms with E-state index in [-0.39, 0.29) is 9.79 Å². The number of hydrogen-bond donors (Lipinski definition) is 0. The number of ether oxygens (including phenoxy) is 1. The first-order chi connectivity index (χ1) is 13.9. The smallest absolute Gasteiger partial charge is 0.185 e. The minimum atomic E-state index is -3.96. The molecule has 0 aliphatic carbocycles. The summed E-state index contributed by atoms with van der Waals surface area (Å²) in [6, 6.07) is 23.3. The molecule has 2 aliphatic rings. The molecule has 7 heteroatoms. The molecule has 29 heavy (non-hydrogen) atoms. The Kier molecular flexibility index (Phi) is 4.17. The molecule has 2 unspecified atom stereocenters. The molecule has 0 radical (unpaired) electrons. The van der Waals surface area contributed by atoms with Crippen molar-refractivity contribution in [1.82, 2.24) is 0 Å². The Hall–Kier alpha value is -2.48. The Labute approximate surface area is 169 Å². The maximum absolute atomic E-state index is 13.6. The van der Waals surface area contributed by atoms with Crippen LogP contribution < -0.4 is 0 Å². The molecule has 2 heterocycles. The molecule has 0 spiro atoms. The quantitative estimate of drug-likeness (QED) is 0.638. The maximum Gasteiger partial charge on any atom is 0.185 e. The van der Waals surface area contributed by atoms with Crippen molar-refractivity contribution in [3.05, 3.63) is 96.1 Å². The molecule has 1 saturated heterocycles. The molecule has 3 aromatic carbocycles. The van der Waals surface area contributed by atoms with Gasteiger partial charge < -0.3 is 4.74 Å². The third kappa shape index (κ3) is 2.68. The topological polar surface area (TPSA) is 77.5 Å². The fourth-order valence-electron chi connectivity index (χ4n) is 4.40. The summed E-state index contributed by atoms with van der Waals surface area (Å²) in [5.74, 6) is 0. The van der Waals surface area contributed by atoms with Gasteiger partial charge in [0.15, 0.2) is 19.7 Å². The van der Waals surface area contributed by atoms with E-state index < -0.39 is 42.4 Å². The molecule has 148 valence electrons. The van der Waals surface area contributed by atoms with E-state index in [0.29, 0.717) is 0 Å². The van der Waals surface area contributed by atoms with Crippen LogP contribution in [0.15, 0.2) is 94.7 Å². The van der Waals surface area contributed by atoms with Crippen molar-refractivity contribution in [2.75, 3.05) is 0 Å². The van der Waals surface area contributed by atoms with Gasteiger partial charge in [-0.05, 0) is 35.4 Å². The third-order valence-corrected chi connectivity index (χ3v) is 10.2.